The fourth-order valence-corrected chi connectivity index (χ4v) is 0.993. The molecule has 50 valence electrons. The minimum Gasteiger partial charge on any atom is -0.384 e. The topological polar surface area (TPSA) is 51.3 Å². The first-order valence-electron chi connectivity index (χ1n) is 3.14. The van der Waals surface area contributed by atoms with Gasteiger partial charge in [0, 0.05) is 18.2 Å². The van der Waals surface area contributed by atoms with Gasteiger partial charge in [-0.2, -0.15) is 0 Å². The van der Waals surface area contributed by atoms with Crippen molar-refractivity contribution >= 4 is 17.9 Å². The highest BCUT2D eigenvalue weighted by molar-refractivity contribution is 5.74. The van der Waals surface area contributed by atoms with Crippen LogP contribution in [0.15, 0.2) is 17.1 Å². The maximum absolute atomic E-state index is 5.45. The highest BCUT2D eigenvalue weighted by atomic mass is 15.0. The lowest BCUT2D eigenvalue weighted by Crippen LogP contribution is -1.89. The number of aromatic nitrogens is 1. The summed E-state index contributed by atoms with van der Waals surface area (Å²) in [6, 6.07) is 3.76. The standard InChI is InChI=1S/C7H7N3/c8-6-2-1-5-3-4-9-7(5)10-6/h1-2,4H,3H2,(H2,8,10). The van der Waals surface area contributed by atoms with Gasteiger partial charge in [-0.1, -0.05) is 6.07 Å². The molecule has 1 aliphatic heterocycles. The van der Waals surface area contributed by atoms with E-state index >= 15 is 0 Å². The molecule has 1 aromatic rings. The molecule has 10 heavy (non-hydrogen) atoms. The quantitative estimate of drug-likeness (QED) is 0.572. The monoisotopic (exact) mass is 133 g/mol. The van der Waals surface area contributed by atoms with E-state index in [4.69, 9.17) is 5.73 Å². The number of fused-ring (bicyclic) bond motifs is 1. The Morgan fingerprint density at radius 2 is 2.30 bits per heavy atom. The SMILES string of the molecule is Nc1ccc2c(n1)N=CC2. The zero-order chi connectivity index (χ0) is 6.97. The number of nitrogens with zero attached hydrogens (tertiary/aromatic N) is 2. The average Bonchev–Trinajstić information content (AvgIpc) is 2.33. The Balaban J connectivity index is 2.60. The van der Waals surface area contributed by atoms with E-state index in [-0.39, 0.29) is 0 Å². The van der Waals surface area contributed by atoms with Crippen molar-refractivity contribution in [3.63, 3.8) is 0 Å². The van der Waals surface area contributed by atoms with Gasteiger partial charge in [-0.3, -0.25) is 0 Å². The molecule has 0 atom stereocenters. The van der Waals surface area contributed by atoms with E-state index in [2.05, 4.69) is 9.98 Å². The van der Waals surface area contributed by atoms with Crippen molar-refractivity contribution in [3.05, 3.63) is 17.7 Å². The molecular formula is C7H7N3. The van der Waals surface area contributed by atoms with Gasteiger partial charge >= 0.3 is 0 Å². The van der Waals surface area contributed by atoms with Crippen molar-refractivity contribution in [2.24, 2.45) is 4.99 Å². The maximum atomic E-state index is 5.45. The number of hydrogen-bond acceptors (Lipinski definition) is 3. The second-order valence-electron chi connectivity index (χ2n) is 2.23. The summed E-state index contributed by atoms with van der Waals surface area (Å²) >= 11 is 0. The second-order valence-corrected chi connectivity index (χ2v) is 2.23. The van der Waals surface area contributed by atoms with Crippen LogP contribution in [0.25, 0.3) is 0 Å². The molecular weight excluding hydrogens is 126 g/mol. The number of aliphatic imine (C=N–C) groups is 1. The Kier molecular flexibility index (Phi) is 0.974. The molecule has 0 amide bonds. The minimum absolute atomic E-state index is 0.540. The maximum Gasteiger partial charge on any atom is 0.157 e. The summed E-state index contributed by atoms with van der Waals surface area (Å²) in [7, 11) is 0. The molecule has 3 heteroatoms. The fraction of sp³-hybridized carbons (Fsp3) is 0.143. The number of rotatable bonds is 0. The third kappa shape index (κ3) is 0.673. The third-order valence-electron chi connectivity index (χ3n) is 1.50. The van der Waals surface area contributed by atoms with Crippen LogP contribution in [0.1, 0.15) is 5.56 Å². The van der Waals surface area contributed by atoms with Crippen LogP contribution < -0.4 is 5.73 Å². The predicted molar refractivity (Wildman–Crippen MR) is 40.5 cm³/mol. The normalized spacial score (nSPS) is 13.6. The van der Waals surface area contributed by atoms with Crippen LogP contribution in [0.5, 0.6) is 0 Å². The molecule has 1 aliphatic rings. The Labute approximate surface area is 58.6 Å². The average molecular weight is 133 g/mol. The summed E-state index contributed by atoms with van der Waals surface area (Å²) < 4.78 is 0. The summed E-state index contributed by atoms with van der Waals surface area (Å²) in [6.07, 6.45) is 2.74. The molecule has 2 N–H and O–H groups in total. The molecule has 0 saturated carbocycles. The first kappa shape index (κ1) is 5.41. The van der Waals surface area contributed by atoms with Crippen LogP contribution in [0.3, 0.4) is 0 Å². The number of pyridine rings is 1. The van der Waals surface area contributed by atoms with Gasteiger partial charge in [0.1, 0.15) is 5.82 Å². The van der Waals surface area contributed by atoms with Gasteiger partial charge in [0.05, 0.1) is 0 Å². The molecule has 0 saturated heterocycles. The van der Waals surface area contributed by atoms with E-state index in [1.807, 2.05) is 12.3 Å². The Morgan fingerprint density at radius 3 is 3.20 bits per heavy atom. The summed E-state index contributed by atoms with van der Waals surface area (Å²) in [6.45, 7) is 0. The van der Waals surface area contributed by atoms with Crippen LogP contribution in [-0.2, 0) is 6.42 Å². The lowest BCUT2D eigenvalue weighted by atomic mass is 10.2. The van der Waals surface area contributed by atoms with Gasteiger partial charge in [0.25, 0.3) is 0 Å². The fourth-order valence-electron chi connectivity index (χ4n) is 0.993. The molecule has 0 fully saturated rings. The molecule has 0 aromatic carbocycles. The summed E-state index contributed by atoms with van der Waals surface area (Å²) in [5, 5.41) is 0. The van der Waals surface area contributed by atoms with Crippen LogP contribution in [0.4, 0.5) is 11.6 Å². The van der Waals surface area contributed by atoms with Gasteiger partial charge in [0.15, 0.2) is 5.82 Å². The van der Waals surface area contributed by atoms with Gasteiger partial charge in [-0.25, -0.2) is 9.98 Å². The van der Waals surface area contributed by atoms with Crippen molar-refractivity contribution in [3.8, 4) is 0 Å². The summed E-state index contributed by atoms with van der Waals surface area (Å²) in [5.74, 6) is 1.32. The first-order chi connectivity index (χ1) is 4.86. The first-order valence-corrected chi connectivity index (χ1v) is 3.14. The van der Waals surface area contributed by atoms with E-state index in [9.17, 15) is 0 Å². The third-order valence-corrected chi connectivity index (χ3v) is 1.50. The van der Waals surface area contributed by atoms with Crippen molar-refractivity contribution in [2.75, 3.05) is 5.73 Å². The lowest BCUT2D eigenvalue weighted by Gasteiger charge is -1.95. The molecule has 0 aliphatic carbocycles. The molecule has 0 spiro atoms. The van der Waals surface area contributed by atoms with Crippen LogP contribution in [0, 0.1) is 0 Å². The number of hydrogen-bond donors (Lipinski definition) is 1. The van der Waals surface area contributed by atoms with E-state index in [1.165, 1.54) is 0 Å². The minimum atomic E-state index is 0.540. The van der Waals surface area contributed by atoms with E-state index in [0.29, 0.717) is 5.82 Å². The Hall–Kier alpha value is -1.38. The lowest BCUT2D eigenvalue weighted by molar-refractivity contribution is 1.26. The molecule has 0 unspecified atom stereocenters. The van der Waals surface area contributed by atoms with Gasteiger partial charge < -0.3 is 5.73 Å². The van der Waals surface area contributed by atoms with Crippen molar-refractivity contribution < 1.29 is 0 Å². The van der Waals surface area contributed by atoms with Gasteiger partial charge in [-0.05, 0) is 6.07 Å². The van der Waals surface area contributed by atoms with E-state index in [0.717, 1.165) is 17.8 Å². The molecule has 0 bridgehead atoms. The second kappa shape index (κ2) is 1.80. The van der Waals surface area contributed by atoms with Crippen LogP contribution in [0.2, 0.25) is 0 Å². The molecule has 3 nitrogen and oxygen atoms in total. The van der Waals surface area contributed by atoms with Crippen LogP contribution in [-0.4, -0.2) is 11.2 Å². The zero-order valence-electron chi connectivity index (χ0n) is 5.41. The van der Waals surface area contributed by atoms with E-state index < -0.39 is 0 Å². The number of nitrogen functional groups attached to an aromatic ring is 1. The smallest absolute Gasteiger partial charge is 0.157 e. The van der Waals surface area contributed by atoms with Crippen molar-refractivity contribution in [2.45, 2.75) is 6.42 Å². The summed E-state index contributed by atoms with van der Waals surface area (Å²) in [5.41, 5.74) is 6.61. The Morgan fingerprint density at radius 1 is 1.40 bits per heavy atom. The Bertz CT molecular complexity index is 291. The predicted octanol–water partition coefficient (Wildman–Crippen LogP) is 0.922. The molecule has 0 radical (unpaired) electrons. The van der Waals surface area contributed by atoms with Crippen molar-refractivity contribution in [1.82, 2.24) is 4.98 Å². The number of anilines is 1. The molecule has 2 rings (SSSR count). The van der Waals surface area contributed by atoms with Crippen molar-refractivity contribution in [1.29, 1.82) is 0 Å². The zero-order valence-corrected chi connectivity index (χ0v) is 5.41. The van der Waals surface area contributed by atoms with E-state index in [1.54, 1.807) is 6.07 Å². The highest BCUT2D eigenvalue weighted by Crippen LogP contribution is 2.21. The largest absolute Gasteiger partial charge is 0.384 e. The highest BCUT2D eigenvalue weighted by Gasteiger charge is 2.06. The van der Waals surface area contributed by atoms with Crippen LogP contribution >= 0.6 is 0 Å². The molecule has 1 aromatic heterocycles. The summed E-state index contributed by atoms with van der Waals surface area (Å²) in [4.78, 5) is 8.08. The molecule has 2 heterocycles. The van der Waals surface area contributed by atoms with Gasteiger partial charge in [0.2, 0.25) is 0 Å². The van der Waals surface area contributed by atoms with Gasteiger partial charge in [-0.15, -0.1) is 0 Å². The number of nitrogens with two attached hydrogens (primary N) is 1.